The van der Waals surface area contributed by atoms with E-state index in [9.17, 15) is 18.0 Å². The van der Waals surface area contributed by atoms with Gasteiger partial charge in [-0.05, 0) is 94.0 Å². The molecule has 7 nitrogen and oxygen atoms in total. The van der Waals surface area contributed by atoms with Crippen LogP contribution in [0.3, 0.4) is 0 Å². The zero-order chi connectivity index (χ0) is 27.9. The lowest BCUT2D eigenvalue weighted by molar-refractivity contribution is -0.183. The maximum Gasteiger partial charge on any atom is 0.404 e. The van der Waals surface area contributed by atoms with Gasteiger partial charge in [-0.1, -0.05) is 6.92 Å². The number of nitrogens with zero attached hydrogens (tertiary/aromatic N) is 2. The van der Waals surface area contributed by atoms with E-state index in [1.807, 2.05) is 0 Å². The number of rotatable bonds is 7. The van der Waals surface area contributed by atoms with Crippen LogP contribution in [0.15, 0.2) is 12.4 Å². The van der Waals surface area contributed by atoms with E-state index in [1.54, 1.807) is 28.6 Å². The van der Waals surface area contributed by atoms with E-state index in [0.717, 1.165) is 32.2 Å². The van der Waals surface area contributed by atoms with Gasteiger partial charge in [-0.3, -0.25) is 10.2 Å². The maximum absolute atomic E-state index is 16.4. The Labute approximate surface area is 228 Å². The van der Waals surface area contributed by atoms with Gasteiger partial charge in [-0.15, -0.1) is 0 Å². The van der Waals surface area contributed by atoms with Crippen LogP contribution in [0.5, 0.6) is 0 Å². The summed E-state index contributed by atoms with van der Waals surface area (Å²) >= 11 is 0. The Bertz CT molecular complexity index is 1050. The van der Waals surface area contributed by atoms with Gasteiger partial charge in [0.25, 0.3) is 0 Å². The molecule has 8 unspecified atom stereocenters. The first-order chi connectivity index (χ1) is 18.5. The fraction of sp³-hybridized carbons (Fsp3) is 0.857. The SMILES string of the molecule is CC1CCNC([C@@H](NC(=O)C2CC(Cn3ccn(C)c3=N)CC(C3CCCNC3C(F)(F)F)C2F)C2CC2)C1. The molecule has 5 rings (SSSR count). The Morgan fingerprint density at radius 2 is 1.87 bits per heavy atom. The second-order valence-corrected chi connectivity index (χ2v) is 12.8. The molecule has 1 aromatic heterocycles. The van der Waals surface area contributed by atoms with Gasteiger partial charge < -0.3 is 25.1 Å². The zero-order valence-corrected chi connectivity index (χ0v) is 23.0. The van der Waals surface area contributed by atoms with Crippen molar-refractivity contribution in [2.75, 3.05) is 13.1 Å². The van der Waals surface area contributed by atoms with E-state index in [1.165, 1.54) is 0 Å². The van der Waals surface area contributed by atoms with E-state index in [2.05, 4.69) is 22.9 Å². The van der Waals surface area contributed by atoms with Gasteiger partial charge in [0.2, 0.25) is 11.5 Å². The number of imidazole rings is 1. The van der Waals surface area contributed by atoms with E-state index in [-0.39, 0.29) is 48.9 Å². The number of hydrogen-bond acceptors (Lipinski definition) is 4. The molecule has 1 aromatic rings. The summed E-state index contributed by atoms with van der Waals surface area (Å²) in [4.78, 5) is 13.8. The summed E-state index contributed by atoms with van der Waals surface area (Å²) in [6.07, 6.45) is 2.92. The van der Waals surface area contributed by atoms with Crippen molar-refractivity contribution in [1.29, 1.82) is 5.41 Å². The van der Waals surface area contributed by atoms with Gasteiger partial charge in [-0.2, -0.15) is 13.2 Å². The lowest BCUT2D eigenvalue weighted by Crippen LogP contribution is -2.59. The molecule has 1 amide bonds. The van der Waals surface area contributed by atoms with Crippen molar-refractivity contribution in [3.05, 3.63) is 18.0 Å². The van der Waals surface area contributed by atoms with Gasteiger partial charge in [0, 0.05) is 38.1 Å². The van der Waals surface area contributed by atoms with E-state index < -0.39 is 36.1 Å². The fourth-order valence-electron chi connectivity index (χ4n) is 7.59. The number of nitrogens with one attached hydrogen (secondary N) is 4. The highest BCUT2D eigenvalue weighted by Gasteiger charge is 2.53. The molecule has 4 aliphatic rings. The number of amides is 1. The molecule has 2 aliphatic carbocycles. The van der Waals surface area contributed by atoms with Crippen molar-refractivity contribution in [2.45, 2.75) is 95.3 Å². The normalized spacial score (nSPS) is 36.9. The molecule has 0 radical (unpaired) electrons. The predicted molar refractivity (Wildman–Crippen MR) is 139 cm³/mol. The Kier molecular flexibility index (Phi) is 8.48. The van der Waals surface area contributed by atoms with E-state index in [0.29, 0.717) is 31.2 Å². The molecule has 0 bridgehead atoms. The first-order valence-electron chi connectivity index (χ1n) is 14.8. The largest absolute Gasteiger partial charge is 0.404 e. The average molecular weight is 557 g/mol. The summed E-state index contributed by atoms with van der Waals surface area (Å²) in [6, 6.07) is -1.70. The maximum atomic E-state index is 16.4. The topological polar surface area (TPSA) is 86.9 Å². The molecule has 0 spiro atoms. The first kappa shape index (κ1) is 28.6. The van der Waals surface area contributed by atoms with Gasteiger partial charge in [-0.25, -0.2) is 4.39 Å². The molecule has 0 aromatic carbocycles. The zero-order valence-electron chi connectivity index (χ0n) is 23.0. The van der Waals surface area contributed by atoms with Gasteiger partial charge in [0.15, 0.2) is 0 Å². The molecular formula is C28H44F4N6O. The summed E-state index contributed by atoms with van der Waals surface area (Å²) in [5.41, 5.74) is 0.272. The van der Waals surface area contributed by atoms with Gasteiger partial charge in [0.1, 0.15) is 12.2 Å². The number of piperidine rings is 2. The minimum atomic E-state index is -4.47. The average Bonchev–Trinajstić information content (AvgIpc) is 3.69. The standard InChI is InChI=1S/C28H44F4N6O/c1-16-7-9-34-22(12-16)24(18-5-6-18)36-26(39)21-14-17(15-38-11-10-37(2)27(38)33)13-20(23(21)29)19-4-3-8-35-25(19)28(30,31)32/h10-11,16-25,33-35H,3-9,12-15H2,1-2H3,(H,36,39)/t16?,17?,19?,20?,21?,22?,23?,24-,25?/m0/s1. The van der Waals surface area contributed by atoms with Gasteiger partial charge in [0.05, 0.1) is 5.92 Å². The Balaban J connectivity index is 1.39. The summed E-state index contributed by atoms with van der Waals surface area (Å²) < 4.78 is 61.9. The second kappa shape index (κ2) is 11.5. The summed E-state index contributed by atoms with van der Waals surface area (Å²) in [5.74, 6) is -2.42. The monoisotopic (exact) mass is 556 g/mol. The lowest BCUT2D eigenvalue weighted by atomic mass is 9.65. The van der Waals surface area contributed by atoms with Gasteiger partial charge >= 0.3 is 6.18 Å². The van der Waals surface area contributed by atoms with Crippen molar-refractivity contribution >= 4 is 5.91 Å². The van der Waals surface area contributed by atoms with Crippen LogP contribution in [0.4, 0.5) is 17.6 Å². The summed E-state index contributed by atoms with van der Waals surface area (Å²) in [5, 5.41) is 17.7. The van der Waals surface area contributed by atoms with E-state index in [4.69, 9.17) is 5.41 Å². The number of halogens is 4. The first-order valence-corrected chi connectivity index (χ1v) is 14.8. The smallest absolute Gasteiger partial charge is 0.351 e. The van der Waals surface area contributed by atoms with Crippen LogP contribution in [0.25, 0.3) is 0 Å². The molecule has 4 N–H and O–H groups in total. The molecule has 220 valence electrons. The number of aromatic nitrogens is 2. The number of carbonyl (C=O) groups excluding carboxylic acids is 1. The molecule has 4 fully saturated rings. The second-order valence-electron chi connectivity index (χ2n) is 12.8. The van der Waals surface area contributed by atoms with Crippen LogP contribution in [0.1, 0.15) is 58.3 Å². The predicted octanol–water partition coefficient (Wildman–Crippen LogP) is 3.50. The van der Waals surface area contributed by atoms with Crippen molar-refractivity contribution in [3.63, 3.8) is 0 Å². The third-order valence-electron chi connectivity index (χ3n) is 9.84. The molecule has 2 aliphatic heterocycles. The van der Waals surface area contributed by atoms with Crippen molar-refractivity contribution in [1.82, 2.24) is 25.1 Å². The highest BCUT2D eigenvalue weighted by molar-refractivity contribution is 5.80. The highest BCUT2D eigenvalue weighted by Crippen LogP contribution is 2.46. The third-order valence-corrected chi connectivity index (χ3v) is 9.84. The van der Waals surface area contributed by atoms with Crippen LogP contribution < -0.4 is 21.6 Å². The highest BCUT2D eigenvalue weighted by atomic mass is 19.4. The van der Waals surface area contributed by atoms with E-state index >= 15 is 4.39 Å². The molecule has 9 atom stereocenters. The Morgan fingerprint density at radius 3 is 2.51 bits per heavy atom. The summed E-state index contributed by atoms with van der Waals surface area (Å²) in [6.45, 7) is 3.75. The minimum absolute atomic E-state index is 0.0751. The number of alkyl halides is 4. The van der Waals surface area contributed by atoms with Crippen molar-refractivity contribution < 1.29 is 22.4 Å². The Morgan fingerprint density at radius 1 is 1.10 bits per heavy atom. The van der Waals surface area contributed by atoms with Crippen LogP contribution in [-0.4, -0.2) is 58.6 Å². The van der Waals surface area contributed by atoms with Crippen LogP contribution in [-0.2, 0) is 18.4 Å². The Hall–Kier alpha value is -1.88. The number of aryl methyl sites for hydroxylation is 1. The lowest BCUT2D eigenvalue weighted by Gasteiger charge is -2.46. The van der Waals surface area contributed by atoms with Crippen molar-refractivity contribution in [2.24, 2.45) is 42.6 Å². The molecule has 2 saturated heterocycles. The molecule has 39 heavy (non-hydrogen) atoms. The van der Waals surface area contributed by atoms with Crippen LogP contribution in [0.2, 0.25) is 0 Å². The number of hydrogen-bond donors (Lipinski definition) is 4. The fourth-order valence-corrected chi connectivity index (χ4v) is 7.59. The van der Waals surface area contributed by atoms with Crippen LogP contribution in [0, 0.1) is 40.9 Å². The number of carbonyl (C=O) groups is 1. The third kappa shape index (κ3) is 6.39. The minimum Gasteiger partial charge on any atom is -0.351 e. The molecule has 2 saturated carbocycles. The molecule has 11 heteroatoms. The van der Waals surface area contributed by atoms with Crippen LogP contribution >= 0.6 is 0 Å². The molecular weight excluding hydrogens is 512 g/mol. The molecule has 3 heterocycles. The summed E-state index contributed by atoms with van der Waals surface area (Å²) in [7, 11) is 1.76. The quantitative estimate of drug-likeness (QED) is 0.388. The van der Waals surface area contributed by atoms with Crippen molar-refractivity contribution in [3.8, 4) is 0 Å².